The molecule has 0 aliphatic rings. The van der Waals surface area contributed by atoms with Gasteiger partial charge in [-0.05, 0) is 30.2 Å². The zero-order valence-corrected chi connectivity index (χ0v) is 16.1. The minimum absolute atomic E-state index is 0.0758. The second kappa shape index (κ2) is 8.33. The van der Waals surface area contributed by atoms with Crippen molar-refractivity contribution in [3.8, 4) is 0 Å². The maximum absolute atomic E-state index is 12.6. The Kier molecular flexibility index (Phi) is 5.89. The maximum atomic E-state index is 12.6. The highest BCUT2D eigenvalue weighted by molar-refractivity contribution is 7.89. The Labute approximate surface area is 161 Å². The molecular formula is C23H23NO2S. The smallest absolute Gasteiger partial charge is 0.207 e. The highest BCUT2D eigenvalue weighted by Gasteiger charge is 2.20. The normalized spacial score (nSPS) is 11.5. The summed E-state index contributed by atoms with van der Waals surface area (Å²) in [6, 6.07) is 26.8. The Hall–Kier alpha value is -2.69. The Morgan fingerprint density at radius 2 is 1.33 bits per heavy atom. The number of hydrogen-bond donors (Lipinski definition) is 1. The maximum Gasteiger partial charge on any atom is 0.240 e. The van der Waals surface area contributed by atoms with Crippen LogP contribution in [0.3, 0.4) is 0 Å². The van der Waals surface area contributed by atoms with E-state index in [4.69, 9.17) is 0 Å². The molecule has 1 N–H and O–H groups in total. The lowest BCUT2D eigenvalue weighted by Gasteiger charge is -2.21. The van der Waals surface area contributed by atoms with Gasteiger partial charge in [0.1, 0.15) is 0 Å². The molecule has 0 aliphatic heterocycles. The molecule has 0 amide bonds. The first-order chi connectivity index (χ1) is 13.0. The number of hydrogen-bond acceptors (Lipinski definition) is 2. The van der Waals surface area contributed by atoms with Gasteiger partial charge in [0.25, 0.3) is 0 Å². The number of sulfonamides is 1. The quantitative estimate of drug-likeness (QED) is 0.609. The fourth-order valence-electron chi connectivity index (χ4n) is 3.05. The zero-order valence-electron chi connectivity index (χ0n) is 15.3. The van der Waals surface area contributed by atoms with E-state index in [2.05, 4.69) is 11.3 Å². The fourth-order valence-corrected chi connectivity index (χ4v) is 4.08. The van der Waals surface area contributed by atoms with Gasteiger partial charge in [-0.3, -0.25) is 0 Å². The van der Waals surface area contributed by atoms with Crippen molar-refractivity contribution in [2.24, 2.45) is 0 Å². The highest BCUT2D eigenvalue weighted by atomic mass is 32.2. The molecule has 0 unspecified atom stereocenters. The van der Waals surface area contributed by atoms with Gasteiger partial charge in [0, 0.05) is 12.5 Å². The summed E-state index contributed by atoms with van der Waals surface area (Å²) in [5.74, 6) is -0.0758. The second-order valence-electron chi connectivity index (χ2n) is 6.55. The van der Waals surface area contributed by atoms with Crippen LogP contribution in [0.4, 0.5) is 0 Å². The van der Waals surface area contributed by atoms with Crippen LogP contribution in [0.2, 0.25) is 0 Å². The molecule has 4 heteroatoms. The fraction of sp³-hybridized carbons (Fsp3) is 0.130. The summed E-state index contributed by atoms with van der Waals surface area (Å²) in [5.41, 5.74) is 3.99. The average Bonchev–Trinajstić information content (AvgIpc) is 2.69. The van der Waals surface area contributed by atoms with Crippen LogP contribution in [0.5, 0.6) is 0 Å². The van der Waals surface area contributed by atoms with E-state index in [0.29, 0.717) is 0 Å². The van der Waals surface area contributed by atoms with E-state index in [1.807, 2.05) is 67.6 Å². The molecule has 0 bridgehead atoms. The van der Waals surface area contributed by atoms with Gasteiger partial charge < -0.3 is 0 Å². The van der Waals surface area contributed by atoms with E-state index >= 15 is 0 Å². The van der Waals surface area contributed by atoms with Crippen molar-refractivity contribution < 1.29 is 8.42 Å². The second-order valence-corrected chi connectivity index (χ2v) is 8.32. The lowest BCUT2D eigenvalue weighted by Crippen LogP contribution is -2.27. The van der Waals surface area contributed by atoms with Crippen molar-refractivity contribution in [1.29, 1.82) is 0 Å². The van der Waals surface area contributed by atoms with Crippen molar-refractivity contribution in [3.05, 3.63) is 114 Å². The minimum atomic E-state index is -3.58. The standard InChI is InChI=1S/C23H23NO2S/c1-18-13-15-22(16-14-18)27(25,26)24-17-19(2)23(20-9-5-3-6-10-20)21-11-7-4-8-12-21/h3-16,23-24H,2,17H2,1H3. The number of rotatable bonds is 7. The number of nitrogens with one attached hydrogen (secondary N) is 1. The van der Waals surface area contributed by atoms with Gasteiger partial charge in [-0.25, -0.2) is 13.1 Å². The van der Waals surface area contributed by atoms with Crippen molar-refractivity contribution in [3.63, 3.8) is 0 Å². The van der Waals surface area contributed by atoms with E-state index in [-0.39, 0.29) is 17.4 Å². The first-order valence-corrected chi connectivity index (χ1v) is 10.3. The summed E-state index contributed by atoms with van der Waals surface area (Å²) in [6.07, 6.45) is 0. The average molecular weight is 378 g/mol. The predicted octanol–water partition coefficient (Wildman–Crippen LogP) is 4.66. The van der Waals surface area contributed by atoms with Gasteiger partial charge in [0.05, 0.1) is 4.90 Å². The zero-order chi connectivity index (χ0) is 19.3. The van der Waals surface area contributed by atoms with E-state index in [0.717, 1.165) is 22.3 Å². The molecular weight excluding hydrogens is 354 g/mol. The molecule has 0 saturated heterocycles. The largest absolute Gasteiger partial charge is 0.240 e. The van der Waals surface area contributed by atoms with Crippen LogP contribution in [-0.2, 0) is 10.0 Å². The molecule has 3 aromatic rings. The summed E-state index contributed by atoms with van der Waals surface area (Å²) < 4.78 is 27.9. The van der Waals surface area contributed by atoms with Crippen LogP contribution in [0.1, 0.15) is 22.6 Å². The molecule has 138 valence electrons. The van der Waals surface area contributed by atoms with Crippen LogP contribution in [-0.4, -0.2) is 15.0 Å². The van der Waals surface area contributed by atoms with Gasteiger partial charge >= 0.3 is 0 Å². The molecule has 3 nitrogen and oxygen atoms in total. The van der Waals surface area contributed by atoms with Crippen LogP contribution in [0.25, 0.3) is 0 Å². The summed E-state index contributed by atoms with van der Waals surface area (Å²) in [7, 11) is -3.58. The van der Waals surface area contributed by atoms with Crippen molar-refractivity contribution in [2.75, 3.05) is 6.54 Å². The number of aryl methyl sites for hydroxylation is 1. The van der Waals surface area contributed by atoms with E-state index in [9.17, 15) is 8.42 Å². The van der Waals surface area contributed by atoms with Crippen LogP contribution >= 0.6 is 0 Å². The molecule has 0 heterocycles. The molecule has 0 atom stereocenters. The summed E-state index contributed by atoms with van der Waals surface area (Å²) >= 11 is 0. The molecule has 0 aromatic heterocycles. The molecule has 27 heavy (non-hydrogen) atoms. The van der Waals surface area contributed by atoms with Crippen molar-refractivity contribution in [1.82, 2.24) is 4.72 Å². The van der Waals surface area contributed by atoms with Gasteiger partial charge in [-0.1, -0.05) is 90.5 Å². The summed E-state index contributed by atoms with van der Waals surface area (Å²) in [5, 5.41) is 0. The first kappa shape index (κ1) is 19.1. The molecule has 3 aromatic carbocycles. The highest BCUT2D eigenvalue weighted by Crippen LogP contribution is 2.30. The Morgan fingerprint density at radius 3 is 1.81 bits per heavy atom. The molecule has 0 aliphatic carbocycles. The molecule has 0 fully saturated rings. The van der Waals surface area contributed by atoms with Crippen LogP contribution in [0, 0.1) is 6.92 Å². The Balaban J connectivity index is 1.82. The van der Waals surface area contributed by atoms with E-state index < -0.39 is 10.0 Å². The SMILES string of the molecule is C=C(CNS(=O)(=O)c1ccc(C)cc1)C(c1ccccc1)c1ccccc1. The topological polar surface area (TPSA) is 46.2 Å². The molecule has 0 radical (unpaired) electrons. The summed E-state index contributed by atoms with van der Waals surface area (Å²) in [4.78, 5) is 0.261. The third kappa shape index (κ3) is 4.73. The van der Waals surface area contributed by atoms with Crippen LogP contribution in [0.15, 0.2) is 102 Å². The van der Waals surface area contributed by atoms with Gasteiger partial charge in [-0.15, -0.1) is 0 Å². The Morgan fingerprint density at radius 1 is 0.852 bits per heavy atom. The molecule has 0 spiro atoms. The lowest BCUT2D eigenvalue weighted by molar-refractivity contribution is 0.583. The molecule has 0 saturated carbocycles. The van der Waals surface area contributed by atoms with Gasteiger partial charge in [0.15, 0.2) is 0 Å². The van der Waals surface area contributed by atoms with E-state index in [1.165, 1.54) is 0 Å². The van der Waals surface area contributed by atoms with Gasteiger partial charge in [-0.2, -0.15) is 0 Å². The first-order valence-electron chi connectivity index (χ1n) is 8.81. The van der Waals surface area contributed by atoms with Crippen molar-refractivity contribution in [2.45, 2.75) is 17.7 Å². The van der Waals surface area contributed by atoms with Crippen LogP contribution < -0.4 is 4.72 Å². The van der Waals surface area contributed by atoms with Gasteiger partial charge in [0.2, 0.25) is 10.0 Å². The molecule has 3 rings (SSSR count). The summed E-state index contributed by atoms with van der Waals surface area (Å²) in [6.45, 7) is 6.29. The predicted molar refractivity (Wildman–Crippen MR) is 110 cm³/mol. The lowest BCUT2D eigenvalue weighted by atomic mass is 9.85. The van der Waals surface area contributed by atoms with E-state index in [1.54, 1.807) is 24.3 Å². The van der Waals surface area contributed by atoms with Crippen molar-refractivity contribution >= 4 is 10.0 Å². The third-order valence-electron chi connectivity index (χ3n) is 4.49. The monoisotopic (exact) mass is 377 g/mol. The number of benzene rings is 3. The Bertz CT molecular complexity index is 956. The third-order valence-corrected chi connectivity index (χ3v) is 5.91. The minimum Gasteiger partial charge on any atom is -0.207 e.